The lowest BCUT2D eigenvalue weighted by Crippen LogP contribution is -1.98. The van der Waals surface area contributed by atoms with E-state index in [1.54, 1.807) is 24.4 Å². The van der Waals surface area contributed by atoms with E-state index in [0.29, 0.717) is 21.4 Å². The number of hydrogen-bond donors (Lipinski definition) is 0. The predicted molar refractivity (Wildman–Crippen MR) is 66.8 cm³/mol. The second-order valence-corrected chi connectivity index (χ2v) is 4.37. The Kier molecular flexibility index (Phi) is 3.84. The molecule has 5 nitrogen and oxygen atoms in total. The van der Waals surface area contributed by atoms with Gasteiger partial charge in [-0.1, -0.05) is 28.4 Å². The maximum atomic E-state index is 10.7. The number of esters is 1. The van der Waals surface area contributed by atoms with Crippen LogP contribution in [-0.4, -0.2) is 21.0 Å². The molecule has 2 aromatic rings. The van der Waals surface area contributed by atoms with Crippen molar-refractivity contribution in [3.05, 3.63) is 40.1 Å². The first-order valence-corrected chi connectivity index (χ1v) is 5.82. The monoisotopic (exact) mass is 285 g/mol. The van der Waals surface area contributed by atoms with Gasteiger partial charge < -0.3 is 4.74 Å². The average Bonchev–Trinajstić information content (AvgIpc) is 2.78. The third kappa shape index (κ3) is 3.00. The molecule has 0 aliphatic heterocycles. The number of ether oxygens (including phenoxy) is 1. The highest BCUT2D eigenvalue weighted by atomic mass is 35.5. The van der Waals surface area contributed by atoms with Crippen LogP contribution in [0.3, 0.4) is 0 Å². The van der Waals surface area contributed by atoms with Crippen molar-refractivity contribution < 1.29 is 9.53 Å². The SMILES string of the molecule is CC(=O)OCc1cn(-c2cc(Cl)ccc2Cl)nn1. The third-order valence-electron chi connectivity index (χ3n) is 2.12. The predicted octanol–water partition coefficient (Wildman–Crippen LogP) is 2.64. The molecule has 7 heteroatoms. The van der Waals surface area contributed by atoms with E-state index in [1.807, 2.05) is 0 Å². The Balaban J connectivity index is 2.23. The molecule has 0 fully saturated rings. The first kappa shape index (κ1) is 12.9. The molecule has 0 N–H and O–H groups in total. The Hall–Kier alpha value is -1.59. The summed E-state index contributed by atoms with van der Waals surface area (Å²) in [4.78, 5) is 10.7. The van der Waals surface area contributed by atoms with Crippen molar-refractivity contribution in [3.8, 4) is 5.69 Å². The molecule has 0 bridgehead atoms. The molecule has 0 unspecified atom stereocenters. The minimum atomic E-state index is -0.370. The maximum absolute atomic E-state index is 10.7. The standard InChI is InChI=1S/C11H9Cl2N3O2/c1-7(17)18-6-9-5-16(15-14-9)11-4-8(12)2-3-10(11)13/h2-5H,6H2,1H3. The Bertz CT molecular complexity index is 583. The highest BCUT2D eigenvalue weighted by Gasteiger charge is 2.08. The molecule has 0 aliphatic carbocycles. The second-order valence-electron chi connectivity index (χ2n) is 3.53. The molecule has 0 aliphatic rings. The van der Waals surface area contributed by atoms with Gasteiger partial charge in [-0.25, -0.2) is 4.68 Å². The fraction of sp³-hybridized carbons (Fsp3) is 0.182. The lowest BCUT2D eigenvalue weighted by atomic mass is 10.3. The van der Waals surface area contributed by atoms with Crippen molar-refractivity contribution in [1.29, 1.82) is 0 Å². The smallest absolute Gasteiger partial charge is 0.303 e. The quantitative estimate of drug-likeness (QED) is 0.814. The van der Waals surface area contributed by atoms with Gasteiger partial charge in [0.05, 0.1) is 16.9 Å². The fourth-order valence-corrected chi connectivity index (χ4v) is 1.69. The Morgan fingerprint density at radius 1 is 1.44 bits per heavy atom. The summed E-state index contributed by atoms with van der Waals surface area (Å²) in [6.07, 6.45) is 1.63. The molecule has 0 radical (unpaired) electrons. The van der Waals surface area contributed by atoms with Crippen LogP contribution in [-0.2, 0) is 16.1 Å². The van der Waals surface area contributed by atoms with Crippen molar-refractivity contribution in [1.82, 2.24) is 15.0 Å². The lowest BCUT2D eigenvalue weighted by molar-refractivity contribution is -0.142. The fourth-order valence-electron chi connectivity index (χ4n) is 1.32. The molecule has 0 spiro atoms. The molecule has 1 aromatic carbocycles. The third-order valence-corrected chi connectivity index (χ3v) is 2.67. The van der Waals surface area contributed by atoms with Gasteiger partial charge in [0, 0.05) is 11.9 Å². The van der Waals surface area contributed by atoms with Crippen molar-refractivity contribution in [3.63, 3.8) is 0 Å². The van der Waals surface area contributed by atoms with Crippen LogP contribution in [0, 0.1) is 0 Å². The molecule has 0 amide bonds. The summed E-state index contributed by atoms with van der Waals surface area (Å²) in [6.45, 7) is 1.41. The molecule has 0 atom stereocenters. The number of aromatic nitrogens is 3. The molecule has 1 aromatic heterocycles. The normalized spacial score (nSPS) is 10.4. The minimum absolute atomic E-state index is 0.0769. The Morgan fingerprint density at radius 2 is 2.22 bits per heavy atom. The van der Waals surface area contributed by atoms with E-state index in [2.05, 4.69) is 10.3 Å². The molecule has 18 heavy (non-hydrogen) atoms. The van der Waals surface area contributed by atoms with Crippen molar-refractivity contribution in [2.24, 2.45) is 0 Å². The average molecular weight is 286 g/mol. The minimum Gasteiger partial charge on any atom is -0.459 e. The number of carbonyl (C=O) groups excluding carboxylic acids is 1. The van der Waals surface area contributed by atoms with Crippen molar-refractivity contribution in [2.75, 3.05) is 0 Å². The van der Waals surface area contributed by atoms with Gasteiger partial charge in [-0.15, -0.1) is 5.10 Å². The summed E-state index contributed by atoms with van der Waals surface area (Å²) in [6, 6.07) is 5.03. The highest BCUT2D eigenvalue weighted by Crippen LogP contribution is 2.23. The summed E-state index contributed by atoms with van der Waals surface area (Å²) < 4.78 is 6.30. The van der Waals surface area contributed by atoms with Crippen LogP contribution in [0.25, 0.3) is 5.69 Å². The zero-order valence-electron chi connectivity index (χ0n) is 9.43. The number of carbonyl (C=O) groups is 1. The van der Waals surface area contributed by atoms with Gasteiger partial charge in [0.15, 0.2) is 0 Å². The van der Waals surface area contributed by atoms with Crippen LogP contribution in [0.4, 0.5) is 0 Å². The van der Waals surface area contributed by atoms with Gasteiger partial charge in [-0.3, -0.25) is 4.79 Å². The zero-order valence-corrected chi connectivity index (χ0v) is 10.9. The molecule has 0 saturated carbocycles. The second kappa shape index (κ2) is 5.37. The van der Waals surface area contributed by atoms with Gasteiger partial charge in [0.2, 0.25) is 0 Å². The van der Waals surface area contributed by atoms with E-state index in [1.165, 1.54) is 11.6 Å². The van der Waals surface area contributed by atoms with Crippen molar-refractivity contribution >= 4 is 29.2 Å². The summed E-state index contributed by atoms with van der Waals surface area (Å²) in [7, 11) is 0. The van der Waals surface area contributed by atoms with Crippen LogP contribution < -0.4 is 0 Å². The van der Waals surface area contributed by atoms with Gasteiger partial charge in [-0.05, 0) is 18.2 Å². The molecule has 2 rings (SSSR count). The first-order valence-electron chi connectivity index (χ1n) is 5.06. The van der Waals surface area contributed by atoms with Gasteiger partial charge in [0.1, 0.15) is 12.3 Å². The van der Waals surface area contributed by atoms with Gasteiger partial charge >= 0.3 is 5.97 Å². The van der Waals surface area contributed by atoms with E-state index < -0.39 is 0 Å². The van der Waals surface area contributed by atoms with Crippen LogP contribution >= 0.6 is 23.2 Å². The van der Waals surface area contributed by atoms with Crippen LogP contribution in [0.5, 0.6) is 0 Å². The van der Waals surface area contributed by atoms with Gasteiger partial charge in [-0.2, -0.15) is 0 Å². The number of rotatable bonds is 3. The van der Waals surface area contributed by atoms with E-state index in [4.69, 9.17) is 27.9 Å². The molecule has 1 heterocycles. The Labute approximate surface area is 113 Å². The molecule has 0 saturated heterocycles. The molecular weight excluding hydrogens is 277 g/mol. The van der Waals surface area contributed by atoms with Crippen LogP contribution in [0.1, 0.15) is 12.6 Å². The number of benzene rings is 1. The summed E-state index contributed by atoms with van der Waals surface area (Å²) in [5.74, 6) is -0.370. The Morgan fingerprint density at radius 3 is 2.94 bits per heavy atom. The number of hydrogen-bond acceptors (Lipinski definition) is 4. The van der Waals surface area contributed by atoms with Gasteiger partial charge in [0.25, 0.3) is 0 Å². The maximum Gasteiger partial charge on any atom is 0.303 e. The van der Waals surface area contributed by atoms with Crippen LogP contribution in [0.2, 0.25) is 10.0 Å². The number of nitrogens with zero attached hydrogens (tertiary/aromatic N) is 3. The number of halogens is 2. The highest BCUT2D eigenvalue weighted by molar-refractivity contribution is 6.34. The summed E-state index contributed by atoms with van der Waals surface area (Å²) in [5, 5.41) is 8.82. The van der Waals surface area contributed by atoms with E-state index in [-0.39, 0.29) is 12.6 Å². The summed E-state index contributed by atoms with van der Waals surface area (Å²) in [5.41, 5.74) is 1.15. The van der Waals surface area contributed by atoms with Crippen molar-refractivity contribution in [2.45, 2.75) is 13.5 Å². The topological polar surface area (TPSA) is 57.0 Å². The lowest BCUT2D eigenvalue weighted by Gasteiger charge is -2.03. The van der Waals surface area contributed by atoms with E-state index in [0.717, 1.165) is 0 Å². The van der Waals surface area contributed by atoms with E-state index in [9.17, 15) is 4.79 Å². The molecular formula is C11H9Cl2N3O2. The van der Waals surface area contributed by atoms with Crippen LogP contribution in [0.15, 0.2) is 24.4 Å². The summed E-state index contributed by atoms with van der Waals surface area (Å²) >= 11 is 11.9. The van der Waals surface area contributed by atoms with E-state index >= 15 is 0 Å². The molecule has 94 valence electrons. The largest absolute Gasteiger partial charge is 0.459 e. The first-order chi connectivity index (χ1) is 8.56. The zero-order chi connectivity index (χ0) is 13.1.